The molecule has 0 radical (unpaired) electrons. The summed E-state index contributed by atoms with van der Waals surface area (Å²) in [7, 11) is 0. The van der Waals surface area contributed by atoms with Gasteiger partial charge in [-0.3, -0.25) is 14.5 Å². The number of aryl methyl sites for hydroxylation is 1. The molecule has 1 aliphatic carbocycles. The minimum Gasteiger partial charge on any atom is -0.352 e. The van der Waals surface area contributed by atoms with Crippen LogP contribution >= 0.6 is 11.3 Å². The number of anilines is 1. The Labute approximate surface area is 210 Å². The highest BCUT2D eigenvalue weighted by atomic mass is 32.1. The molecule has 2 heterocycles. The first-order valence-corrected chi connectivity index (χ1v) is 13.2. The van der Waals surface area contributed by atoms with E-state index in [1.807, 2.05) is 0 Å². The zero-order valence-corrected chi connectivity index (χ0v) is 20.8. The Hall–Kier alpha value is -3.10. The van der Waals surface area contributed by atoms with Gasteiger partial charge in [0.2, 0.25) is 5.01 Å². The monoisotopic (exact) mass is 489 g/mol. The third-order valence-electron chi connectivity index (χ3n) is 6.73. The Morgan fingerprint density at radius 3 is 2.51 bits per heavy atom. The zero-order valence-electron chi connectivity index (χ0n) is 20.0. The molecule has 1 saturated heterocycles. The molecule has 8 heteroatoms. The van der Waals surface area contributed by atoms with Crippen molar-refractivity contribution < 1.29 is 9.59 Å². The lowest BCUT2D eigenvalue weighted by Gasteiger charge is -2.32. The number of rotatable bonds is 8. The second-order valence-electron chi connectivity index (χ2n) is 9.67. The maximum atomic E-state index is 12.8. The Bertz CT molecular complexity index is 1180. The van der Waals surface area contributed by atoms with E-state index in [4.69, 9.17) is 0 Å². The van der Waals surface area contributed by atoms with Crippen LogP contribution in [0.4, 0.5) is 5.69 Å². The normalized spacial score (nSPS) is 16.7. The van der Waals surface area contributed by atoms with Crippen LogP contribution in [-0.4, -0.2) is 46.5 Å². The van der Waals surface area contributed by atoms with E-state index in [0.29, 0.717) is 34.6 Å². The van der Waals surface area contributed by atoms with Gasteiger partial charge >= 0.3 is 0 Å². The second-order valence-corrected chi connectivity index (χ2v) is 10.7. The summed E-state index contributed by atoms with van der Waals surface area (Å²) in [6.45, 7) is 5.85. The van der Waals surface area contributed by atoms with E-state index in [0.717, 1.165) is 50.3 Å². The summed E-state index contributed by atoms with van der Waals surface area (Å²) in [5.41, 5.74) is 3.75. The molecule has 0 unspecified atom stereocenters. The first kappa shape index (κ1) is 23.6. The third-order valence-corrected chi connectivity index (χ3v) is 7.81. The zero-order chi connectivity index (χ0) is 24.2. The first-order chi connectivity index (χ1) is 17.0. The van der Waals surface area contributed by atoms with Crippen LogP contribution in [0.5, 0.6) is 0 Å². The second kappa shape index (κ2) is 10.7. The smallest absolute Gasteiger partial charge is 0.286 e. The third kappa shape index (κ3) is 6.32. The van der Waals surface area contributed by atoms with Crippen molar-refractivity contribution >= 4 is 28.8 Å². The van der Waals surface area contributed by atoms with Crippen LogP contribution in [0, 0.1) is 12.8 Å². The molecule has 5 rings (SSSR count). The van der Waals surface area contributed by atoms with Crippen molar-refractivity contribution in [2.24, 2.45) is 5.92 Å². The molecule has 0 spiro atoms. The fourth-order valence-corrected chi connectivity index (χ4v) is 5.29. The summed E-state index contributed by atoms with van der Waals surface area (Å²) in [6, 6.07) is 15.8. The van der Waals surface area contributed by atoms with Crippen molar-refractivity contribution in [3.63, 3.8) is 0 Å². The van der Waals surface area contributed by atoms with Gasteiger partial charge in [0, 0.05) is 30.3 Å². The summed E-state index contributed by atoms with van der Waals surface area (Å²) >= 11 is 1.35. The Balaban J connectivity index is 1.08. The van der Waals surface area contributed by atoms with Crippen molar-refractivity contribution in [3.05, 3.63) is 75.2 Å². The van der Waals surface area contributed by atoms with Gasteiger partial charge in [-0.25, -0.2) is 0 Å². The fourth-order valence-electron chi connectivity index (χ4n) is 4.38. The number of carbonyl (C=O) groups is 2. The summed E-state index contributed by atoms with van der Waals surface area (Å²) < 4.78 is 0. The number of likely N-dealkylation sites (tertiary alicyclic amines) is 1. The highest BCUT2D eigenvalue weighted by Gasteiger charge is 2.28. The minimum atomic E-state index is -0.288. The molecule has 2 aliphatic rings. The number of piperidine rings is 1. The van der Waals surface area contributed by atoms with Crippen molar-refractivity contribution in [1.29, 1.82) is 0 Å². The van der Waals surface area contributed by atoms with Crippen LogP contribution in [-0.2, 0) is 6.54 Å². The number of hydrogen-bond acceptors (Lipinski definition) is 6. The van der Waals surface area contributed by atoms with Gasteiger partial charge in [-0.1, -0.05) is 47.2 Å². The molecule has 1 saturated carbocycles. The maximum Gasteiger partial charge on any atom is 0.286 e. The Morgan fingerprint density at radius 1 is 1.00 bits per heavy atom. The summed E-state index contributed by atoms with van der Waals surface area (Å²) in [4.78, 5) is 27.8. The number of benzene rings is 2. The number of aromatic nitrogens is 2. The number of nitrogens with zero attached hydrogens (tertiary/aromatic N) is 3. The van der Waals surface area contributed by atoms with Crippen LogP contribution in [0.2, 0.25) is 0 Å². The topological polar surface area (TPSA) is 87.2 Å². The number of carbonyl (C=O) groups excluding carboxylic acids is 2. The Morgan fingerprint density at radius 2 is 1.77 bits per heavy atom. The van der Waals surface area contributed by atoms with Crippen molar-refractivity contribution in [2.75, 3.05) is 25.0 Å². The molecule has 0 atom stereocenters. The van der Waals surface area contributed by atoms with Gasteiger partial charge in [-0.2, -0.15) is 0 Å². The highest BCUT2D eigenvalue weighted by Crippen LogP contribution is 2.41. The van der Waals surface area contributed by atoms with E-state index in [1.54, 1.807) is 24.3 Å². The predicted octanol–water partition coefficient (Wildman–Crippen LogP) is 4.62. The molecule has 2 aromatic carbocycles. The molecule has 7 nitrogen and oxygen atoms in total. The van der Waals surface area contributed by atoms with Gasteiger partial charge in [0.05, 0.1) is 0 Å². The van der Waals surface area contributed by atoms with E-state index in [1.165, 1.54) is 22.5 Å². The molecule has 182 valence electrons. The molecule has 2 amide bonds. The van der Waals surface area contributed by atoms with Crippen molar-refractivity contribution in [3.8, 4) is 0 Å². The summed E-state index contributed by atoms with van der Waals surface area (Å²) in [5.74, 6) is 0.551. The quantitative estimate of drug-likeness (QED) is 0.482. The van der Waals surface area contributed by atoms with Crippen LogP contribution in [0.15, 0.2) is 48.5 Å². The lowest BCUT2D eigenvalue weighted by molar-refractivity contribution is 0.0934. The van der Waals surface area contributed by atoms with Crippen molar-refractivity contribution in [2.45, 2.75) is 45.1 Å². The molecule has 2 N–H and O–H groups in total. The SMILES string of the molecule is Cc1ccc(CN2CCC(CNC(=O)c3cccc(NC(=O)c4nnc(C5CC5)s4)c3)CC2)cc1. The number of amides is 2. The molecule has 2 fully saturated rings. The van der Waals surface area contributed by atoms with E-state index >= 15 is 0 Å². The van der Waals surface area contributed by atoms with Gasteiger partial charge in [0.25, 0.3) is 11.8 Å². The minimum absolute atomic E-state index is 0.116. The molecule has 35 heavy (non-hydrogen) atoms. The van der Waals surface area contributed by atoms with Crippen LogP contribution in [0.25, 0.3) is 0 Å². The first-order valence-electron chi connectivity index (χ1n) is 12.3. The lowest BCUT2D eigenvalue weighted by Crippen LogP contribution is -2.38. The van der Waals surface area contributed by atoms with Gasteiger partial charge in [0.15, 0.2) is 0 Å². The van der Waals surface area contributed by atoms with Crippen LogP contribution < -0.4 is 10.6 Å². The standard InChI is InChI=1S/C27H31N5O2S/c1-18-5-7-20(8-6-18)17-32-13-11-19(12-14-32)16-28-24(33)22-3-2-4-23(15-22)29-25(34)27-31-30-26(35-27)21-9-10-21/h2-8,15,19,21H,9-14,16-17H2,1H3,(H,28,33)(H,29,34). The van der Waals surface area contributed by atoms with Gasteiger partial charge in [-0.05, 0) is 75.4 Å². The predicted molar refractivity (Wildman–Crippen MR) is 138 cm³/mol. The lowest BCUT2D eigenvalue weighted by atomic mass is 9.96. The summed E-state index contributed by atoms with van der Waals surface area (Å²) in [5, 5.41) is 15.4. The largest absolute Gasteiger partial charge is 0.352 e. The average Bonchev–Trinajstić information content (AvgIpc) is 3.61. The summed E-state index contributed by atoms with van der Waals surface area (Å²) in [6.07, 6.45) is 4.40. The highest BCUT2D eigenvalue weighted by molar-refractivity contribution is 7.13. The van der Waals surface area contributed by atoms with Crippen molar-refractivity contribution in [1.82, 2.24) is 20.4 Å². The molecule has 3 aromatic rings. The Kier molecular flexibility index (Phi) is 7.20. The van der Waals surface area contributed by atoms with Crippen LogP contribution in [0.3, 0.4) is 0 Å². The molecular formula is C27H31N5O2S. The van der Waals surface area contributed by atoms with Gasteiger partial charge in [0.1, 0.15) is 5.01 Å². The fraction of sp³-hybridized carbons (Fsp3) is 0.407. The number of nitrogens with one attached hydrogen (secondary N) is 2. The molecular weight excluding hydrogens is 458 g/mol. The van der Waals surface area contributed by atoms with Gasteiger partial charge < -0.3 is 10.6 Å². The van der Waals surface area contributed by atoms with E-state index < -0.39 is 0 Å². The van der Waals surface area contributed by atoms with Crippen LogP contribution in [0.1, 0.15) is 67.9 Å². The average molecular weight is 490 g/mol. The molecule has 0 bridgehead atoms. The van der Waals surface area contributed by atoms with E-state index in [-0.39, 0.29) is 11.8 Å². The maximum absolute atomic E-state index is 12.8. The number of hydrogen-bond donors (Lipinski definition) is 2. The van der Waals surface area contributed by atoms with Gasteiger partial charge in [-0.15, -0.1) is 10.2 Å². The molecule has 1 aliphatic heterocycles. The van der Waals surface area contributed by atoms with E-state index in [2.05, 4.69) is 56.9 Å². The molecule has 1 aromatic heterocycles. The van der Waals surface area contributed by atoms with E-state index in [9.17, 15) is 9.59 Å².